The number of hydrogen-bond donors (Lipinski definition) is 0. The van der Waals surface area contributed by atoms with Crippen LogP contribution in [0.5, 0.6) is 0 Å². The Morgan fingerprint density at radius 2 is 2.27 bits per heavy atom. The van der Waals surface area contributed by atoms with Gasteiger partial charge in [-0.25, -0.2) is 4.68 Å². The van der Waals surface area contributed by atoms with Gasteiger partial charge in [0.2, 0.25) is 0 Å². The van der Waals surface area contributed by atoms with Crippen LogP contribution in [0.4, 0.5) is 0 Å². The first-order valence-corrected chi connectivity index (χ1v) is 5.14. The topological polar surface area (TPSA) is 47.8 Å². The number of halogens is 1. The van der Waals surface area contributed by atoms with Gasteiger partial charge in [0.25, 0.3) is 0 Å². The molecule has 0 bridgehead atoms. The van der Waals surface area contributed by atoms with E-state index in [-0.39, 0.29) is 0 Å². The van der Waals surface area contributed by atoms with Crippen molar-refractivity contribution in [2.24, 2.45) is 0 Å². The average molecular weight is 266 g/mol. The third-order valence-electron chi connectivity index (χ3n) is 2.05. The predicted octanol–water partition coefficient (Wildman–Crippen LogP) is 2.15. The third kappa shape index (κ3) is 1.83. The maximum Gasteiger partial charge on any atom is 0.171 e. The van der Waals surface area contributed by atoms with Gasteiger partial charge >= 0.3 is 0 Å². The predicted molar refractivity (Wildman–Crippen MR) is 59.2 cm³/mol. The number of aldehydes is 1. The molecule has 76 valence electrons. The lowest BCUT2D eigenvalue weighted by Gasteiger charge is -2.05. The van der Waals surface area contributed by atoms with E-state index in [4.69, 9.17) is 0 Å². The molecule has 0 aliphatic heterocycles. The summed E-state index contributed by atoms with van der Waals surface area (Å²) in [5, 5.41) is 7.57. The molecule has 0 spiro atoms. The monoisotopic (exact) mass is 265 g/mol. The molecular weight excluding hydrogens is 258 g/mol. The van der Waals surface area contributed by atoms with Crippen molar-refractivity contribution in [1.82, 2.24) is 15.0 Å². The van der Waals surface area contributed by atoms with Crippen molar-refractivity contribution in [1.29, 1.82) is 0 Å². The van der Waals surface area contributed by atoms with Crippen LogP contribution in [0.25, 0.3) is 5.69 Å². The number of carbonyl (C=O) groups is 1. The fourth-order valence-electron chi connectivity index (χ4n) is 1.26. The first-order valence-electron chi connectivity index (χ1n) is 4.35. The van der Waals surface area contributed by atoms with Crippen LogP contribution in [-0.4, -0.2) is 21.3 Å². The van der Waals surface area contributed by atoms with E-state index in [1.165, 1.54) is 0 Å². The maximum atomic E-state index is 10.5. The molecule has 4 nitrogen and oxygen atoms in total. The molecule has 1 aromatic carbocycles. The first-order chi connectivity index (χ1) is 7.22. The van der Waals surface area contributed by atoms with E-state index in [2.05, 4.69) is 26.2 Å². The lowest BCUT2D eigenvalue weighted by Crippen LogP contribution is -1.97. The average Bonchev–Trinajstić information content (AvgIpc) is 2.70. The molecule has 0 aliphatic carbocycles. The summed E-state index contributed by atoms with van der Waals surface area (Å²) >= 11 is 3.47. The minimum absolute atomic E-state index is 0.323. The molecule has 2 aromatic rings. The first kappa shape index (κ1) is 10.0. The molecule has 0 radical (unpaired) electrons. The summed E-state index contributed by atoms with van der Waals surface area (Å²) in [6, 6.07) is 5.82. The molecule has 0 aliphatic rings. The highest BCUT2D eigenvalue weighted by atomic mass is 79.9. The number of aromatic nitrogens is 3. The molecule has 0 unspecified atom stereocenters. The summed E-state index contributed by atoms with van der Waals surface area (Å²) in [6.07, 6.45) is 2.26. The van der Waals surface area contributed by atoms with Crippen molar-refractivity contribution >= 4 is 22.2 Å². The smallest absolute Gasteiger partial charge is 0.171 e. The largest absolute Gasteiger partial charge is 0.296 e. The van der Waals surface area contributed by atoms with Gasteiger partial charge in [0, 0.05) is 4.47 Å². The fraction of sp³-hybridized carbons (Fsp3) is 0.100. The van der Waals surface area contributed by atoms with Crippen LogP contribution in [0, 0.1) is 6.92 Å². The van der Waals surface area contributed by atoms with E-state index in [0.717, 1.165) is 15.7 Å². The van der Waals surface area contributed by atoms with Crippen molar-refractivity contribution in [2.75, 3.05) is 0 Å². The molecule has 0 saturated heterocycles. The van der Waals surface area contributed by atoms with Gasteiger partial charge < -0.3 is 0 Å². The summed E-state index contributed by atoms with van der Waals surface area (Å²) in [6.45, 7) is 1.99. The molecule has 0 fully saturated rings. The van der Waals surface area contributed by atoms with E-state index < -0.39 is 0 Å². The minimum atomic E-state index is 0.323. The Kier molecular flexibility index (Phi) is 2.64. The van der Waals surface area contributed by atoms with Gasteiger partial charge in [0.05, 0.1) is 11.9 Å². The number of nitrogens with zero attached hydrogens (tertiary/aromatic N) is 3. The summed E-state index contributed by atoms with van der Waals surface area (Å²) in [4.78, 5) is 10.5. The Labute approximate surface area is 95.0 Å². The molecule has 1 heterocycles. The van der Waals surface area contributed by atoms with Gasteiger partial charge in [-0.05, 0) is 34.5 Å². The van der Waals surface area contributed by atoms with Gasteiger partial charge in [-0.1, -0.05) is 17.3 Å². The second-order valence-corrected chi connectivity index (χ2v) is 3.91. The van der Waals surface area contributed by atoms with Crippen LogP contribution in [0.3, 0.4) is 0 Å². The number of rotatable bonds is 2. The van der Waals surface area contributed by atoms with Crippen molar-refractivity contribution in [2.45, 2.75) is 6.92 Å². The molecule has 0 atom stereocenters. The van der Waals surface area contributed by atoms with Crippen LogP contribution in [0.2, 0.25) is 0 Å². The summed E-state index contributed by atoms with van der Waals surface area (Å²) < 4.78 is 2.52. The van der Waals surface area contributed by atoms with E-state index in [1.807, 2.05) is 25.1 Å². The van der Waals surface area contributed by atoms with Crippen LogP contribution in [-0.2, 0) is 0 Å². The van der Waals surface area contributed by atoms with Crippen LogP contribution in [0.1, 0.15) is 16.1 Å². The van der Waals surface area contributed by atoms with Crippen LogP contribution in [0.15, 0.2) is 28.9 Å². The van der Waals surface area contributed by atoms with Crippen molar-refractivity contribution in [3.8, 4) is 5.69 Å². The molecule has 1 aromatic heterocycles. The summed E-state index contributed by atoms with van der Waals surface area (Å²) in [7, 11) is 0. The van der Waals surface area contributed by atoms with E-state index >= 15 is 0 Å². The van der Waals surface area contributed by atoms with Crippen molar-refractivity contribution < 1.29 is 4.79 Å². The molecule has 5 heteroatoms. The Morgan fingerprint density at radius 1 is 1.47 bits per heavy atom. The van der Waals surface area contributed by atoms with E-state index in [1.54, 1.807) is 10.9 Å². The second-order valence-electron chi connectivity index (χ2n) is 3.11. The zero-order chi connectivity index (χ0) is 10.8. The van der Waals surface area contributed by atoms with Crippen LogP contribution < -0.4 is 0 Å². The number of aryl methyl sites for hydroxylation is 1. The van der Waals surface area contributed by atoms with E-state index in [0.29, 0.717) is 12.0 Å². The number of carbonyl (C=O) groups excluding carboxylic acids is 1. The van der Waals surface area contributed by atoms with Gasteiger partial charge in [-0.2, -0.15) is 0 Å². The fourth-order valence-corrected chi connectivity index (χ4v) is 1.70. The van der Waals surface area contributed by atoms with Crippen LogP contribution >= 0.6 is 15.9 Å². The summed E-state index contributed by atoms with van der Waals surface area (Å²) in [5.74, 6) is 0. The highest BCUT2D eigenvalue weighted by molar-refractivity contribution is 9.10. The van der Waals surface area contributed by atoms with Gasteiger partial charge in [-0.15, -0.1) is 5.10 Å². The molecular formula is C10H8BrN3O. The molecule has 0 saturated carbocycles. The lowest BCUT2D eigenvalue weighted by atomic mass is 10.2. The number of benzene rings is 1. The maximum absolute atomic E-state index is 10.5. The number of hydrogen-bond acceptors (Lipinski definition) is 3. The van der Waals surface area contributed by atoms with Crippen molar-refractivity contribution in [3.05, 3.63) is 40.1 Å². The highest BCUT2D eigenvalue weighted by Crippen LogP contribution is 2.23. The zero-order valence-electron chi connectivity index (χ0n) is 8.01. The Hall–Kier alpha value is -1.49. The molecule has 0 N–H and O–H groups in total. The third-order valence-corrected chi connectivity index (χ3v) is 3.08. The lowest BCUT2D eigenvalue weighted by molar-refractivity contribution is 0.111. The standard InChI is InChI=1S/C10H8BrN3O/c1-7-3-2-4-9(10(7)11)14-5-8(6-15)12-13-14/h2-6H,1H3. The Balaban J connectivity index is 2.53. The zero-order valence-corrected chi connectivity index (χ0v) is 9.60. The van der Waals surface area contributed by atoms with Gasteiger partial charge in [-0.3, -0.25) is 4.79 Å². The second kappa shape index (κ2) is 3.94. The van der Waals surface area contributed by atoms with Gasteiger partial charge in [0.15, 0.2) is 6.29 Å². The Morgan fingerprint density at radius 3 is 2.93 bits per heavy atom. The van der Waals surface area contributed by atoms with E-state index in [9.17, 15) is 4.79 Å². The normalized spacial score (nSPS) is 10.3. The Bertz CT molecular complexity index is 507. The minimum Gasteiger partial charge on any atom is -0.296 e. The molecule has 15 heavy (non-hydrogen) atoms. The van der Waals surface area contributed by atoms with Crippen molar-refractivity contribution in [3.63, 3.8) is 0 Å². The highest BCUT2D eigenvalue weighted by Gasteiger charge is 2.06. The molecule has 2 rings (SSSR count). The molecule has 0 amide bonds. The van der Waals surface area contributed by atoms with Gasteiger partial charge in [0.1, 0.15) is 5.69 Å². The SMILES string of the molecule is Cc1cccc(-n2cc(C=O)nn2)c1Br. The quantitative estimate of drug-likeness (QED) is 0.782. The summed E-state index contributed by atoms with van der Waals surface area (Å²) in [5.41, 5.74) is 2.30.